The lowest BCUT2D eigenvalue weighted by Crippen LogP contribution is -2.73. The minimum Gasteiger partial charge on any atom is -0.368 e. The molecular formula is C16H23N5O3. The first-order valence-corrected chi connectivity index (χ1v) is 8.48. The van der Waals surface area contributed by atoms with E-state index >= 15 is 0 Å². The third kappa shape index (κ3) is 2.80. The summed E-state index contributed by atoms with van der Waals surface area (Å²) in [7, 11) is 1.66. The largest absolute Gasteiger partial charge is 0.368 e. The van der Waals surface area contributed by atoms with Gasteiger partial charge in [0.1, 0.15) is 17.3 Å². The van der Waals surface area contributed by atoms with Gasteiger partial charge in [-0.1, -0.05) is 0 Å². The molecule has 0 aromatic carbocycles. The van der Waals surface area contributed by atoms with Crippen molar-refractivity contribution in [3.63, 3.8) is 0 Å². The maximum Gasteiger partial charge on any atom is 0.272 e. The fourth-order valence-electron chi connectivity index (χ4n) is 3.65. The van der Waals surface area contributed by atoms with Crippen molar-refractivity contribution in [1.29, 1.82) is 0 Å². The van der Waals surface area contributed by atoms with E-state index in [1.54, 1.807) is 24.2 Å². The topological polar surface area (TPSA) is 90.6 Å². The maximum atomic E-state index is 12.3. The average Bonchev–Trinajstić information content (AvgIpc) is 3.20. The standard InChI is InChI=1S/C16H23N5O3/c1-17-14(22)13-7-24-16(8-20(13)6-11-2-3-11)9-21(10-16)15(23)12-4-5-18-19-12/h4-5,11,13H,2-3,6-10H2,1H3,(H,17,22)(H,18,19). The highest BCUT2D eigenvalue weighted by Crippen LogP contribution is 2.36. The van der Waals surface area contributed by atoms with Crippen molar-refractivity contribution in [2.45, 2.75) is 24.5 Å². The molecule has 2 aliphatic heterocycles. The third-order valence-electron chi connectivity index (χ3n) is 5.19. The predicted octanol–water partition coefficient (Wildman–Crippen LogP) is -0.539. The van der Waals surface area contributed by atoms with Gasteiger partial charge in [-0.15, -0.1) is 0 Å². The van der Waals surface area contributed by atoms with E-state index in [2.05, 4.69) is 20.4 Å². The van der Waals surface area contributed by atoms with Gasteiger partial charge in [0.05, 0.1) is 19.7 Å². The van der Waals surface area contributed by atoms with Crippen LogP contribution in [0.2, 0.25) is 0 Å². The number of hydrogen-bond donors (Lipinski definition) is 2. The Hall–Kier alpha value is -1.93. The quantitative estimate of drug-likeness (QED) is 0.772. The Labute approximate surface area is 140 Å². The van der Waals surface area contributed by atoms with Crippen molar-refractivity contribution in [1.82, 2.24) is 25.3 Å². The van der Waals surface area contributed by atoms with Crippen LogP contribution in [0.1, 0.15) is 23.3 Å². The van der Waals surface area contributed by atoms with Gasteiger partial charge in [0, 0.05) is 26.3 Å². The SMILES string of the molecule is CNC(=O)C1COC2(CN(C(=O)c3ccn[nH]3)C2)CN1CC1CC1. The zero-order valence-corrected chi connectivity index (χ0v) is 13.8. The monoisotopic (exact) mass is 333 g/mol. The molecule has 3 aliphatic rings. The van der Waals surface area contributed by atoms with Crippen molar-refractivity contribution < 1.29 is 14.3 Å². The number of aromatic nitrogens is 2. The van der Waals surface area contributed by atoms with E-state index in [9.17, 15) is 9.59 Å². The number of aromatic amines is 1. The fraction of sp³-hybridized carbons (Fsp3) is 0.688. The number of morpholine rings is 1. The van der Waals surface area contributed by atoms with Gasteiger partial charge in [-0.05, 0) is 24.8 Å². The number of carbonyl (C=O) groups is 2. The number of carbonyl (C=O) groups excluding carboxylic acids is 2. The molecule has 2 saturated heterocycles. The van der Waals surface area contributed by atoms with E-state index in [4.69, 9.17) is 4.74 Å². The zero-order chi connectivity index (χ0) is 16.7. The highest BCUT2D eigenvalue weighted by molar-refractivity contribution is 5.93. The number of nitrogens with one attached hydrogen (secondary N) is 2. The molecule has 1 aliphatic carbocycles. The first kappa shape index (κ1) is 15.6. The van der Waals surface area contributed by atoms with Crippen molar-refractivity contribution in [2.24, 2.45) is 5.92 Å². The Balaban J connectivity index is 1.40. The molecule has 8 nitrogen and oxygen atoms in total. The summed E-state index contributed by atoms with van der Waals surface area (Å²) in [4.78, 5) is 28.5. The minimum atomic E-state index is -0.338. The van der Waals surface area contributed by atoms with Gasteiger partial charge in [-0.3, -0.25) is 19.6 Å². The number of likely N-dealkylation sites (N-methyl/N-ethyl adjacent to an activating group) is 1. The maximum absolute atomic E-state index is 12.3. The summed E-state index contributed by atoms with van der Waals surface area (Å²) >= 11 is 0. The highest BCUT2D eigenvalue weighted by atomic mass is 16.5. The molecule has 1 spiro atoms. The second kappa shape index (κ2) is 5.86. The summed E-state index contributed by atoms with van der Waals surface area (Å²) in [6.07, 6.45) is 4.07. The molecule has 2 N–H and O–H groups in total. The lowest BCUT2D eigenvalue weighted by molar-refractivity contribution is -0.191. The van der Waals surface area contributed by atoms with Crippen LogP contribution in [0.25, 0.3) is 0 Å². The average molecular weight is 333 g/mol. The molecule has 8 heteroatoms. The van der Waals surface area contributed by atoms with Gasteiger partial charge in [-0.25, -0.2) is 0 Å². The van der Waals surface area contributed by atoms with Crippen molar-refractivity contribution in [3.05, 3.63) is 18.0 Å². The normalized spacial score (nSPS) is 26.2. The van der Waals surface area contributed by atoms with Crippen LogP contribution in [0.15, 0.2) is 12.3 Å². The molecule has 4 rings (SSSR count). The molecule has 24 heavy (non-hydrogen) atoms. The number of hydrogen-bond acceptors (Lipinski definition) is 5. The van der Waals surface area contributed by atoms with Crippen LogP contribution in [-0.2, 0) is 9.53 Å². The van der Waals surface area contributed by atoms with Gasteiger partial charge < -0.3 is 15.0 Å². The molecular weight excluding hydrogens is 310 g/mol. The number of likely N-dealkylation sites (tertiary alicyclic amines) is 1. The van der Waals surface area contributed by atoms with E-state index in [0.717, 1.165) is 6.54 Å². The number of amides is 2. The van der Waals surface area contributed by atoms with Crippen molar-refractivity contribution >= 4 is 11.8 Å². The lowest BCUT2D eigenvalue weighted by atomic mass is 9.89. The van der Waals surface area contributed by atoms with Crippen LogP contribution in [0.3, 0.4) is 0 Å². The highest BCUT2D eigenvalue weighted by Gasteiger charge is 2.52. The van der Waals surface area contributed by atoms with Gasteiger partial charge in [0.2, 0.25) is 5.91 Å². The van der Waals surface area contributed by atoms with Gasteiger partial charge in [-0.2, -0.15) is 5.10 Å². The molecule has 3 heterocycles. The second-order valence-corrected chi connectivity index (χ2v) is 7.13. The van der Waals surface area contributed by atoms with Crippen LogP contribution in [0.4, 0.5) is 0 Å². The molecule has 130 valence electrons. The van der Waals surface area contributed by atoms with Crippen LogP contribution < -0.4 is 5.32 Å². The minimum absolute atomic E-state index is 0.00946. The van der Waals surface area contributed by atoms with E-state index in [1.807, 2.05) is 0 Å². The first-order valence-electron chi connectivity index (χ1n) is 8.48. The lowest BCUT2D eigenvalue weighted by Gasteiger charge is -2.55. The zero-order valence-electron chi connectivity index (χ0n) is 13.8. The summed E-state index contributed by atoms with van der Waals surface area (Å²) in [5.74, 6) is 0.661. The van der Waals surface area contributed by atoms with Crippen LogP contribution in [-0.4, -0.2) is 83.3 Å². The van der Waals surface area contributed by atoms with Gasteiger partial charge >= 0.3 is 0 Å². The Bertz CT molecular complexity index is 622. The molecule has 0 radical (unpaired) electrons. The second-order valence-electron chi connectivity index (χ2n) is 7.13. The van der Waals surface area contributed by atoms with E-state index < -0.39 is 0 Å². The molecule has 1 aromatic rings. The number of ether oxygens (including phenoxy) is 1. The summed E-state index contributed by atoms with van der Waals surface area (Å²) in [6, 6.07) is 1.45. The van der Waals surface area contributed by atoms with Crippen LogP contribution >= 0.6 is 0 Å². The van der Waals surface area contributed by atoms with Crippen LogP contribution in [0, 0.1) is 5.92 Å². The van der Waals surface area contributed by atoms with Crippen molar-refractivity contribution in [3.8, 4) is 0 Å². The third-order valence-corrected chi connectivity index (χ3v) is 5.19. The first-order chi connectivity index (χ1) is 11.6. The van der Waals surface area contributed by atoms with E-state index in [0.29, 0.717) is 37.9 Å². The molecule has 2 amide bonds. The van der Waals surface area contributed by atoms with E-state index in [-0.39, 0.29) is 23.5 Å². The summed E-state index contributed by atoms with van der Waals surface area (Å²) in [5.41, 5.74) is 0.161. The molecule has 3 fully saturated rings. The number of nitrogens with zero attached hydrogens (tertiary/aromatic N) is 3. The van der Waals surface area contributed by atoms with E-state index in [1.165, 1.54) is 12.8 Å². The summed E-state index contributed by atoms with van der Waals surface area (Å²) < 4.78 is 6.04. The predicted molar refractivity (Wildman–Crippen MR) is 85.3 cm³/mol. The number of rotatable bonds is 4. The molecule has 1 unspecified atom stereocenters. The Morgan fingerprint density at radius 3 is 2.83 bits per heavy atom. The Morgan fingerprint density at radius 2 is 2.21 bits per heavy atom. The molecule has 1 aromatic heterocycles. The van der Waals surface area contributed by atoms with Gasteiger partial charge in [0.25, 0.3) is 5.91 Å². The number of H-pyrrole nitrogens is 1. The molecule has 1 atom stereocenters. The summed E-state index contributed by atoms with van der Waals surface area (Å²) in [6.45, 7) is 3.16. The Kier molecular flexibility index (Phi) is 3.80. The molecule has 0 bridgehead atoms. The molecule has 1 saturated carbocycles. The Morgan fingerprint density at radius 1 is 1.42 bits per heavy atom. The van der Waals surface area contributed by atoms with Crippen molar-refractivity contribution in [2.75, 3.05) is 39.8 Å². The van der Waals surface area contributed by atoms with Crippen LogP contribution in [0.5, 0.6) is 0 Å². The smallest absolute Gasteiger partial charge is 0.272 e. The summed E-state index contributed by atoms with van der Waals surface area (Å²) in [5, 5.41) is 9.26. The van der Waals surface area contributed by atoms with Gasteiger partial charge in [0.15, 0.2) is 0 Å². The fourth-order valence-corrected chi connectivity index (χ4v) is 3.65.